The van der Waals surface area contributed by atoms with E-state index in [2.05, 4.69) is 10.0 Å². The van der Waals surface area contributed by atoms with E-state index < -0.39 is 10.0 Å². The SMILES string of the molecule is O=S(=O)(CC1CCNC1)NC1CC1. The fourth-order valence-electron chi connectivity index (χ4n) is 1.67. The van der Waals surface area contributed by atoms with Crippen LogP contribution in [0, 0.1) is 5.92 Å². The molecule has 1 heterocycles. The number of sulfonamides is 1. The van der Waals surface area contributed by atoms with Crippen molar-refractivity contribution in [2.75, 3.05) is 18.8 Å². The lowest BCUT2D eigenvalue weighted by Gasteiger charge is -2.09. The second-order valence-electron chi connectivity index (χ2n) is 4.03. The minimum atomic E-state index is -2.99. The van der Waals surface area contributed by atoms with Crippen molar-refractivity contribution < 1.29 is 8.42 Å². The Morgan fingerprint density at radius 3 is 2.62 bits per heavy atom. The van der Waals surface area contributed by atoms with E-state index in [0.717, 1.165) is 32.4 Å². The molecule has 0 radical (unpaired) electrons. The highest BCUT2D eigenvalue weighted by molar-refractivity contribution is 7.89. The third-order valence-electron chi connectivity index (χ3n) is 2.54. The molecule has 4 nitrogen and oxygen atoms in total. The van der Waals surface area contributed by atoms with E-state index in [1.807, 2.05) is 0 Å². The van der Waals surface area contributed by atoms with Crippen molar-refractivity contribution in [3.05, 3.63) is 0 Å². The third kappa shape index (κ3) is 2.93. The molecule has 1 atom stereocenters. The zero-order chi connectivity index (χ0) is 9.31. The maximum Gasteiger partial charge on any atom is 0.212 e. The minimum Gasteiger partial charge on any atom is -0.316 e. The summed E-state index contributed by atoms with van der Waals surface area (Å²) in [5.41, 5.74) is 0. The maximum atomic E-state index is 11.5. The van der Waals surface area contributed by atoms with Gasteiger partial charge in [0.25, 0.3) is 0 Å². The lowest BCUT2D eigenvalue weighted by atomic mass is 10.2. The van der Waals surface area contributed by atoms with Crippen LogP contribution in [0.1, 0.15) is 19.3 Å². The molecule has 2 aliphatic rings. The second-order valence-corrected chi connectivity index (χ2v) is 5.83. The molecule has 76 valence electrons. The van der Waals surface area contributed by atoms with Crippen molar-refractivity contribution in [3.8, 4) is 0 Å². The first-order valence-electron chi connectivity index (χ1n) is 4.86. The molecule has 0 spiro atoms. The smallest absolute Gasteiger partial charge is 0.212 e. The van der Waals surface area contributed by atoms with Crippen LogP contribution in [0.4, 0.5) is 0 Å². The molecular weight excluding hydrogens is 188 g/mol. The Bertz CT molecular complexity index is 266. The van der Waals surface area contributed by atoms with Gasteiger partial charge in [0, 0.05) is 6.04 Å². The van der Waals surface area contributed by atoms with Crippen LogP contribution < -0.4 is 10.0 Å². The van der Waals surface area contributed by atoms with E-state index >= 15 is 0 Å². The Hall–Kier alpha value is -0.130. The van der Waals surface area contributed by atoms with E-state index in [1.165, 1.54) is 0 Å². The average molecular weight is 204 g/mol. The summed E-state index contributed by atoms with van der Waals surface area (Å²) >= 11 is 0. The molecule has 2 fully saturated rings. The number of nitrogens with one attached hydrogen (secondary N) is 2. The highest BCUT2D eigenvalue weighted by Gasteiger charge is 2.29. The van der Waals surface area contributed by atoms with Crippen LogP contribution >= 0.6 is 0 Å². The van der Waals surface area contributed by atoms with E-state index in [-0.39, 0.29) is 6.04 Å². The van der Waals surface area contributed by atoms with Crippen molar-refractivity contribution in [3.63, 3.8) is 0 Å². The molecule has 1 saturated heterocycles. The molecule has 0 aromatic rings. The van der Waals surface area contributed by atoms with Crippen LogP contribution in [0.25, 0.3) is 0 Å². The van der Waals surface area contributed by atoms with Crippen molar-refractivity contribution in [1.29, 1.82) is 0 Å². The van der Waals surface area contributed by atoms with Crippen LogP contribution in [0.5, 0.6) is 0 Å². The fraction of sp³-hybridized carbons (Fsp3) is 1.00. The standard InChI is InChI=1S/C8H16N2O2S/c11-13(12,10-8-1-2-8)6-7-3-4-9-5-7/h7-10H,1-6H2. The van der Waals surface area contributed by atoms with Gasteiger partial charge in [-0.25, -0.2) is 13.1 Å². The monoisotopic (exact) mass is 204 g/mol. The van der Waals surface area contributed by atoms with Gasteiger partial charge in [-0.15, -0.1) is 0 Å². The van der Waals surface area contributed by atoms with Crippen molar-refractivity contribution >= 4 is 10.0 Å². The topological polar surface area (TPSA) is 58.2 Å². The lowest BCUT2D eigenvalue weighted by Crippen LogP contribution is -2.32. The quantitative estimate of drug-likeness (QED) is 0.660. The first kappa shape index (κ1) is 9.43. The molecule has 0 amide bonds. The maximum absolute atomic E-state index is 11.5. The van der Waals surface area contributed by atoms with E-state index in [4.69, 9.17) is 0 Å². The van der Waals surface area contributed by atoms with Gasteiger partial charge < -0.3 is 5.32 Å². The van der Waals surface area contributed by atoms with E-state index in [1.54, 1.807) is 0 Å². The highest BCUT2D eigenvalue weighted by Crippen LogP contribution is 2.20. The second kappa shape index (κ2) is 3.55. The van der Waals surface area contributed by atoms with Crippen LogP contribution in [-0.2, 0) is 10.0 Å². The summed E-state index contributed by atoms with van der Waals surface area (Å²) in [6.45, 7) is 1.81. The largest absolute Gasteiger partial charge is 0.316 e. The molecule has 1 unspecified atom stereocenters. The summed E-state index contributed by atoms with van der Waals surface area (Å²) in [4.78, 5) is 0. The van der Waals surface area contributed by atoms with Gasteiger partial charge in [-0.1, -0.05) is 0 Å². The lowest BCUT2D eigenvalue weighted by molar-refractivity contribution is 0.557. The Labute approximate surface area is 79.1 Å². The van der Waals surface area contributed by atoms with Gasteiger partial charge >= 0.3 is 0 Å². The van der Waals surface area contributed by atoms with Crippen LogP contribution in [0.3, 0.4) is 0 Å². The summed E-state index contributed by atoms with van der Waals surface area (Å²) < 4.78 is 25.7. The van der Waals surface area contributed by atoms with Crippen molar-refractivity contribution in [1.82, 2.24) is 10.0 Å². The van der Waals surface area contributed by atoms with Crippen LogP contribution in [0.2, 0.25) is 0 Å². The molecule has 2 rings (SSSR count). The van der Waals surface area contributed by atoms with E-state index in [9.17, 15) is 8.42 Å². The number of rotatable bonds is 4. The summed E-state index contributed by atoms with van der Waals surface area (Å²) in [5.74, 6) is 0.618. The van der Waals surface area contributed by atoms with Gasteiger partial charge in [0.05, 0.1) is 5.75 Å². The molecule has 13 heavy (non-hydrogen) atoms. The average Bonchev–Trinajstić information content (AvgIpc) is 2.64. The molecule has 5 heteroatoms. The van der Waals surface area contributed by atoms with Gasteiger partial charge in [-0.05, 0) is 38.3 Å². The molecule has 2 N–H and O–H groups in total. The summed E-state index contributed by atoms with van der Waals surface area (Å²) in [6, 6.07) is 0.249. The Balaban J connectivity index is 1.83. The summed E-state index contributed by atoms with van der Waals surface area (Å²) in [7, 11) is -2.99. The first-order valence-corrected chi connectivity index (χ1v) is 6.52. The Morgan fingerprint density at radius 2 is 2.08 bits per heavy atom. The third-order valence-corrected chi connectivity index (χ3v) is 4.14. The zero-order valence-corrected chi connectivity index (χ0v) is 8.44. The van der Waals surface area contributed by atoms with Crippen molar-refractivity contribution in [2.24, 2.45) is 5.92 Å². The van der Waals surface area contributed by atoms with Gasteiger partial charge in [0.15, 0.2) is 0 Å². The van der Waals surface area contributed by atoms with Crippen molar-refractivity contribution in [2.45, 2.75) is 25.3 Å². The predicted octanol–water partition coefficient (Wildman–Crippen LogP) is -0.322. The molecular formula is C8H16N2O2S. The normalized spacial score (nSPS) is 29.4. The predicted molar refractivity (Wildman–Crippen MR) is 50.9 cm³/mol. The minimum absolute atomic E-state index is 0.249. The summed E-state index contributed by atoms with van der Waals surface area (Å²) in [5, 5.41) is 3.17. The fourth-order valence-corrected chi connectivity index (χ4v) is 3.42. The van der Waals surface area contributed by atoms with E-state index in [0.29, 0.717) is 11.7 Å². The van der Waals surface area contributed by atoms with Gasteiger partial charge in [-0.2, -0.15) is 0 Å². The van der Waals surface area contributed by atoms with Gasteiger partial charge in [0.1, 0.15) is 0 Å². The Kier molecular flexibility index (Phi) is 2.58. The highest BCUT2D eigenvalue weighted by atomic mass is 32.2. The number of hydrogen-bond donors (Lipinski definition) is 2. The molecule has 1 aliphatic carbocycles. The first-order chi connectivity index (χ1) is 6.16. The zero-order valence-electron chi connectivity index (χ0n) is 7.62. The van der Waals surface area contributed by atoms with Crippen LogP contribution in [-0.4, -0.2) is 33.3 Å². The molecule has 0 aromatic carbocycles. The molecule has 0 bridgehead atoms. The molecule has 1 saturated carbocycles. The number of hydrogen-bond acceptors (Lipinski definition) is 3. The Morgan fingerprint density at radius 1 is 1.31 bits per heavy atom. The van der Waals surface area contributed by atoms with Gasteiger partial charge in [0.2, 0.25) is 10.0 Å². The van der Waals surface area contributed by atoms with Gasteiger partial charge in [-0.3, -0.25) is 0 Å². The molecule has 0 aromatic heterocycles. The summed E-state index contributed by atoms with van der Waals surface area (Å²) in [6.07, 6.45) is 3.02. The molecule has 1 aliphatic heterocycles. The van der Waals surface area contributed by atoms with Crippen LogP contribution in [0.15, 0.2) is 0 Å².